The minimum atomic E-state index is -0.458. The summed E-state index contributed by atoms with van der Waals surface area (Å²) < 4.78 is 0. The highest BCUT2D eigenvalue weighted by Gasteiger charge is 2.13. The van der Waals surface area contributed by atoms with Gasteiger partial charge in [-0.3, -0.25) is 0 Å². The quantitative estimate of drug-likeness (QED) is 0.902. The van der Waals surface area contributed by atoms with Gasteiger partial charge in [0.25, 0.3) is 0 Å². The van der Waals surface area contributed by atoms with E-state index >= 15 is 0 Å². The van der Waals surface area contributed by atoms with Gasteiger partial charge < -0.3 is 5.11 Å². The lowest BCUT2D eigenvalue weighted by Gasteiger charge is -2.13. The smallest absolute Gasteiger partial charge is 0.0957 e. The average molecular weight is 247 g/mol. The molecule has 1 N–H and O–H groups in total. The second kappa shape index (κ2) is 4.98. The lowest BCUT2D eigenvalue weighted by molar-refractivity contribution is 0.177. The predicted octanol–water partition coefficient (Wildman–Crippen LogP) is 3.34. The molecule has 1 heterocycles. The van der Waals surface area contributed by atoms with Crippen molar-refractivity contribution in [1.29, 1.82) is 0 Å². The zero-order valence-electron chi connectivity index (χ0n) is 10.4. The summed E-state index contributed by atoms with van der Waals surface area (Å²) in [5, 5.41) is 13.3. The van der Waals surface area contributed by atoms with Crippen molar-refractivity contribution in [3.63, 3.8) is 0 Å². The fourth-order valence-corrected chi connectivity index (χ4v) is 2.70. The van der Waals surface area contributed by atoms with Crippen LogP contribution in [0.3, 0.4) is 0 Å². The highest BCUT2D eigenvalue weighted by Crippen LogP contribution is 2.24. The Morgan fingerprint density at radius 1 is 1.29 bits per heavy atom. The van der Waals surface area contributed by atoms with Crippen LogP contribution in [0.15, 0.2) is 23.6 Å². The van der Waals surface area contributed by atoms with Gasteiger partial charge in [0, 0.05) is 17.5 Å². The molecule has 0 saturated heterocycles. The third kappa shape index (κ3) is 2.93. The summed E-state index contributed by atoms with van der Waals surface area (Å²) >= 11 is 1.61. The van der Waals surface area contributed by atoms with Crippen molar-refractivity contribution in [1.82, 2.24) is 4.98 Å². The number of benzene rings is 1. The van der Waals surface area contributed by atoms with E-state index in [2.05, 4.69) is 23.2 Å². The lowest BCUT2D eigenvalue weighted by Crippen LogP contribution is -2.04. The maximum absolute atomic E-state index is 10.3. The second-order valence-corrected chi connectivity index (χ2v) is 5.41. The Bertz CT molecular complexity index is 519. The maximum atomic E-state index is 10.3. The number of rotatable bonds is 3. The van der Waals surface area contributed by atoms with Crippen LogP contribution in [0.1, 0.15) is 33.5 Å². The molecule has 90 valence electrons. The first-order valence-corrected chi connectivity index (χ1v) is 6.60. The van der Waals surface area contributed by atoms with Crippen molar-refractivity contribution in [2.24, 2.45) is 0 Å². The normalized spacial score (nSPS) is 12.7. The average Bonchev–Trinajstić information content (AvgIpc) is 2.67. The fourth-order valence-electron chi connectivity index (χ4n) is 1.89. The summed E-state index contributed by atoms with van der Waals surface area (Å²) in [5.41, 5.74) is 4.35. The lowest BCUT2D eigenvalue weighted by atomic mass is 9.99. The first-order valence-electron chi connectivity index (χ1n) is 5.72. The van der Waals surface area contributed by atoms with E-state index in [1.54, 1.807) is 11.3 Å². The summed E-state index contributed by atoms with van der Waals surface area (Å²) in [6, 6.07) is 6.18. The van der Waals surface area contributed by atoms with E-state index in [1.165, 1.54) is 5.56 Å². The summed E-state index contributed by atoms with van der Waals surface area (Å²) in [5.74, 6) is 0. The first-order chi connectivity index (χ1) is 8.06. The zero-order valence-corrected chi connectivity index (χ0v) is 11.2. The molecule has 0 amide bonds. The molecule has 1 unspecified atom stereocenters. The molecule has 2 aromatic rings. The van der Waals surface area contributed by atoms with Gasteiger partial charge in [0.15, 0.2) is 0 Å². The first kappa shape index (κ1) is 12.3. The van der Waals surface area contributed by atoms with Gasteiger partial charge in [0.1, 0.15) is 0 Å². The van der Waals surface area contributed by atoms with E-state index in [4.69, 9.17) is 0 Å². The highest BCUT2D eigenvalue weighted by molar-refractivity contribution is 7.09. The van der Waals surface area contributed by atoms with Crippen LogP contribution in [0.4, 0.5) is 0 Å². The Morgan fingerprint density at radius 3 is 2.71 bits per heavy atom. The molecule has 2 nitrogen and oxygen atoms in total. The van der Waals surface area contributed by atoms with Crippen LogP contribution in [-0.2, 0) is 6.42 Å². The fraction of sp³-hybridized carbons (Fsp3) is 0.357. The summed E-state index contributed by atoms with van der Waals surface area (Å²) in [6.45, 7) is 6.05. The van der Waals surface area contributed by atoms with E-state index in [-0.39, 0.29) is 0 Å². The number of aliphatic hydroxyl groups is 1. The number of thiazole rings is 1. The van der Waals surface area contributed by atoms with E-state index in [9.17, 15) is 5.11 Å². The van der Waals surface area contributed by atoms with Crippen molar-refractivity contribution in [2.75, 3.05) is 0 Å². The van der Waals surface area contributed by atoms with Crippen molar-refractivity contribution in [2.45, 2.75) is 33.3 Å². The predicted molar refractivity (Wildman–Crippen MR) is 71.4 cm³/mol. The van der Waals surface area contributed by atoms with Crippen LogP contribution < -0.4 is 0 Å². The van der Waals surface area contributed by atoms with Crippen LogP contribution in [0.2, 0.25) is 0 Å². The van der Waals surface area contributed by atoms with Gasteiger partial charge in [-0.2, -0.15) is 0 Å². The van der Waals surface area contributed by atoms with Crippen LogP contribution in [-0.4, -0.2) is 10.1 Å². The van der Waals surface area contributed by atoms with E-state index in [1.807, 2.05) is 26.2 Å². The van der Waals surface area contributed by atoms with Gasteiger partial charge in [0.05, 0.1) is 11.1 Å². The molecule has 0 saturated carbocycles. The molecule has 0 aliphatic carbocycles. The molecule has 3 heteroatoms. The number of nitrogens with zero attached hydrogens (tertiary/aromatic N) is 1. The molecule has 0 fully saturated rings. The Hall–Kier alpha value is -1.19. The molecule has 1 atom stereocenters. The zero-order chi connectivity index (χ0) is 12.4. The van der Waals surface area contributed by atoms with Gasteiger partial charge >= 0.3 is 0 Å². The van der Waals surface area contributed by atoms with Crippen LogP contribution in [0, 0.1) is 20.8 Å². The third-order valence-corrected chi connectivity index (χ3v) is 3.82. The van der Waals surface area contributed by atoms with Crippen molar-refractivity contribution >= 4 is 11.3 Å². The van der Waals surface area contributed by atoms with Crippen molar-refractivity contribution in [3.8, 4) is 0 Å². The SMILES string of the molecule is Cc1ccc(C)c(C(O)Cc2nc(C)cs2)c1. The minimum Gasteiger partial charge on any atom is -0.388 e. The summed E-state index contributed by atoms with van der Waals surface area (Å²) in [4.78, 5) is 4.39. The Labute approximate surface area is 106 Å². The third-order valence-electron chi connectivity index (χ3n) is 2.83. The molecule has 0 bridgehead atoms. The second-order valence-electron chi connectivity index (χ2n) is 4.46. The Morgan fingerprint density at radius 2 is 2.06 bits per heavy atom. The highest BCUT2D eigenvalue weighted by atomic mass is 32.1. The van der Waals surface area contributed by atoms with Gasteiger partial charge in [0.2, 0.25) is 0 Å². The van der Waals surface area contributed by atoms with Crippen molar-refractivity contribution in [3.05, 3.63) is 51.0 Å². The summed E-state index contributed by atoms with van der Waals surface area (Å²) in [6.07, 6.45) is 0.142. The van der Waals surface area contributed by atoms with Gasteiger partial charge in [-0.15, -0.1) is 11.3 Å². The minimum absolute atomic E-state index is 0.458. The maximum Gasteiger partial charge on any atom is 0.0957 e. The van der Waals surface area contributed by atoms with E-state index < -0.39 is 6.10 Å². The molecule has 0 aliphatic heterocycles. The Balaban J connectivity index is 2.19. The standard InChI is InChI=1S/C14H17NOS/c1-9-4-5-10(2)12(6-9)13(16)7-14-15-11(3)8-17-14/h4-6,8,13,16H,7H2,1-3H3. The van der Waals surface area contributed by atoms with Crippen LogP contribution in [0.5, 0.6) is 0 Å². The number of aryl methyl sites for hydroxylation is 3. The molecular weight excluding hydrogens is 230 g/mol. The number of aliphatic hydroxyl groups excluding tert-OH is 1. The molecule has 1 aromatic heterocycles. The van der Waals surface area contributed by atoms with Crippen molar-refractivity contribution < 1.29 is 5.11 Å². The van der Waals surface area contributed by atoms with E-state index in [0.717, 1.165) is 21.8 Å². The topological polar surface area (TPSA) is 33.1 Å². The molecule has 0 radical (unpaired) electrons. The molecular formula is C14H17NOS. The number of hydrogen-bond donors (Lipinski definition) is 1. The molecule has 1 aromatic carbocycles. The summed E-state index contributed by atoms with van der Waals surface area (Å²) in [7, 11) is 0. The van der Waals surface area contributed by atoms with Crippen LogP contribution >= 0.6 is 11.3 Å². The van der Waals surface area contributed by atoms with Crippen LogP contribution in [0.25, 0.3) is 0 Å². The Kier molecular flexibility index (Phi) is 3.60. The van der Waals surface area contributed by atoms with E-state index in [0.29, 0.717) is 6.42 Å². The number of hydrogen-bond acceptors (Lipinski definition) is 3. The molecule has 2 rings (SSSR count). The largest absolute Gasteiger partial charge is 0.388 e. The molecule has 17 heavy (non-hydrogen) atoms. The van der Waals surface area contributed by atoms with Gasteiger partial charge in [-0.25, -0.2) is 4.98 Å². The number of aromatic nitrogens is 1. The molecule has 0 aliphatic rings. The molecule has 0 spiro atoms. The van der Waals surface area contributed by atoms with Gasteiger partial charge in [-0.05, 0) is 31.9 Å². The van der Waals surface area contributed by atoms with Gasteiger partial charge in [-0.1, -0.05) is 23.8 Å². The monoisotopic (exact) mass is 247 g/mol.